The number of aryl methyl sites for hydroxylation is 1. The highest BCUT2D eigenvalue weighted by molar-refractivity contribution is 6.08. The van der Waals surface area contributed by atoms with Crippen LogP contribution in [0.5, 0.6) is 0 Å². The van der Waals surface area contributed by atoms with E-state index in [1.165, 1.54) is 6.33 Å². The SMILES string of the molecule is C=C(C)C(=O)Nc1ccc(-c2c(-c3ccc(C(=O)N4CCCOC4)cc3)c3c(N)ncnc3n2C)cc1. The molecule has 0 atom stereocenters. The smallest absolute Gasteiger partial charge is 0.255 e. The minimum absolute atomic E-state index is 0.0559. The normalized spacial score (nSPS) is 13.5. The van der Waals surface area contributed by atoms with Crippen molar-refractivity contribution in [2.75, 3.05) is 30.9 Å². The first-order valence-corrected chi connectivity index (χ1v) is 12.0. The van der Waals surface area contributed by atoms with E-state index in [1.54, 1.807) is 11.8 Å². The Morgan fingerprint density at radius 3 is 2.41 bits per heavy atom. The molecular formula is C28H28N6O3. The molecule has 2 amide bonds. The minimum Gasteiger partial charge on any atom is -0.383 e. The van der Waals surface area contributed by atoms with Gasteiger partial charge in [0.2, 0.25) is 0 Å². The number of anilines is 2. The van der Waals surface area contributed by atoms with Crippen LogP contribution in [0.15, 0.2) is 67.0 Å². The predicted octanol–water partition coefficient (Wildman–Crippen LogP) is 4.22. The number of carbonyl (C=O) groups excluding carboxylic acids is 2. The zero-order valence-electron chi connectivity index (χ0n) is 20.8. The quantitative estimate of drug-likeness (QED) is 0.400. The van der Waals surface area contributed by atoms with Crippen molar-refractivity contribution in [3.63, 3.8) is 0 Å². The van der Waals surface area contributed by atoms with Crippen LogP contribution in [0, 0.1) is 0 Å². The lowest BCUT2D eigenvalue weighted by atomic mass is 9.97. The molecule has 0 aliphatic carbocycles. The number of hydrogen-bond donors (Lipinski definition) is 2. The largest absolute Gasteiger partial charge is 0.383 e. The zero-order valence-corrected chi connectivity index (χ0v) is 20.8. The van der Waals surface area contributed by atoms with Gasteiger partial charge in [0.1, 0.15) is 24.5 Å². The van der Waals surface area contributed by atoms with Crippen LogP contribution in [-0.4, -0.2) is 51.1 Å². The van der Waals surface area contributed by atoms with Gasteiger partial charge in [0.15, 0.2) is 0 Å². The molecule has 2 aromatic heterocycles. The Morgan fingerprint density at radius 1 is 1.05 bits per heavy atom. The van der Waals surface area contributed by atoms with Crippen molar-refractivity contribution in [3.05, 3.63) is 72.6 Å². The topological polar surface area (TPSA) is 115 Å². The van der Waals surface area contributed by atoms with Crippen LogP contribution in [-0.2, 0) is 16.6 Å². The van der Waals surface area contributed by atoms with Crippen molar-refractivity contribution >= 4 is 34.4 Å². The second-order valence-corrected chi connectivity index (χ2v) is 9.09. The first kappa shape index (κ1) is 24.2. The fraction of sp³-hybridized carbons (Fsp3) is 0.214. The summed E-state index contributed by atoms with van der Waals surface area (Å²) in [6.45, 7) is 7.02. The lowest BCUT2D eigenvalue weighted by molar-refractivity contribution is -0.112. The van der Waals surface area contributed by atoms with E-state index >= 15 is 0 Å². The number of nitrogens with zero attached hydrogens (tertiary/aromatic N) is 4. The highest BCUT2D eigenvalue weighted by Crippen LogP contribution is 2.41. The Balaban J connectivity index is 1.57. The number of benzene rings is 2. The van der Waals surface area contributed by atoms with E-state index in [0.29, 0.717) is 48.2 Å². The molecule has 3 heterocycles. The van der Waals surface area contributed by atoms with Crippen molar-refractivity contribution in [1.82, 2.24) is 19.4 Å². The molecule has 0 spiro atoms. The predicted molar refractivity (Wildman–Crippen MR) is 144 cm³/mol. The van der Waals surface area contributed by atoms with E-state index in [0.717, 1.165) is 34.2 Å². The van der Waals surface area contributed by atoms with E-state index in [1.807, 2.05) is 60.1 Å². The number of nitrogen functional groups attached to an aromatic ring is 1. The summed E-state index contributed by atoms with van der Waals surface area (Å²) in [7, 11) is 1.93. The van der Waals surface area contributed by atoms with Crippen molar-refractivity contribution in [2.24, 2.45) is 7.05 Å². The number of carbonyl (C=O) groups is 2. The highest BCUT2D eigenvalue weighted by Gasteiger charge is 2.23. The second-order valence-electron chi connectivity index (χ2n) is 9.09. The van der Waals surface area contributed by atoms with Gasteiger partial charge >= 0.3 is 0 Å². The molecule has 0 bridgehead atoms. The summed E-state index contributed by atoms with van der Waals surface area (Å²) in [6, 6.07) is 15.0. The summed E-state index contributed by atoms with van der Waals surface area (Å²) in [5, 5.41) is 3.57. The van der Waals surface area contributed by atoms with E-state index in [-0.39, 0.29) is 11.8 Å². The highest BCUT2D eigenvalue weighted by atomic mass is 16.5. The number of ether oxygens (including phenoxy) is 1. The monoisotopic (exact) mass is 496 g/mol. The molecule has 1 aliphatic rings. The molecule has 5 rings (SSSR count). The van der Waals surface area contributed by atoms with Gasteiger partial charge in [-0.3, -0.25) is 9.59 Å². The molecule has 1 fully saturated rings. The first-order chi connectivity index (χ1) is 17.8. The van der Waals surface area contributed by atoms with Crippen LogP contribution in [0.4, 0.5) is 11.5 Å². The molecular weight excluding hydrogens is 468 g/mol. The van der Waals surface area contributed by atoms with Gasteiger partial charge in [-0.15, -0.1) is 0 Å². The molecule has 37 heavy (non-hydrogen) atoms. The summed E-state index contributed by atoms with van der Waals surface area (Å²) in [6.07, 6.45) is 2.28. The Hall–Kier alpha value is -4.50. The molecule has 1 aliphatic heterocycles. The standard InChI is InChI=1S/C28H28N6O3/c1-17(2)27(35)32-21-11-9-19(10-12-21)24-22(23-25(29)30-15-31-26(23)33(24)3)18-5-7-20(8-6-18)28(36)34-13-4-14-37-16-34/h5-12,15H,1,4,13-14,16H2,2-3H3,(H,32,35)(H2,29,30,31). The van der Waals surface area contributed by atoms with Crippen LogP contribution in [0.25, 0.3) is 33.4 Å². The number of hydrogen-bond acceptors (Lipinski definition) is 6. The van der Waals surface area contributed by atoms with Crippen molar-refractivity contribution < 1.29 is 14.3 Å². The fourth-order valence-corrected chi connectivity index (χ4v) is 4.56. The summed E-state index contributed by atoms with van der Waals surface area (Å²) in [5.74, 6) is 0.0873. The molecule has 9 heteroatoms. The van der Waals surface area contributed by atoms with Gasteiger partial charge in [-0.2, -0.15) is 0 Å². The Kier molecular flexibility index (Phi) is 6.45. The second kappa shape index (κ2) is 9.87. The lowest BCUT2D eigenvalue weighted by Gasteiger charge is -2.26. The van der Waals surface area contributed by atoms with Crippen LogP contribution in [0.3, 0.4) is 0 Å². The van der Waals surface area contributed by atoms with Gasteiger partial charge in [-0.25, -0.2) is 9.97 Å². The number of nitrogens with two attached hydrogens (primary N) is 1. The van der Waals surface area contributed by atoms with Crippen LogP contribution in [0.1, 0.15) is 23.7 Å². The molecule has 2 aromatic carbocycles. The third-order valence-corrected chi connectivity index (χ3v) is 6.47. The number of amides is 2. The number of nitrogens with one attached hydrogen (secondary N) is 1. The van der Waals surface area contributed by atoms with Crippen LogP contribution in [0.2, 0.25) is 0 Å². The van der Waals surface area contributed by atoms with E-state index in [2.05, 4.69) is 21.9 Å². The summed E-state index contributed by atoms with van der Waals surface area (Å²) < 4.78 is 7.42. The Morgan fingerprint density at radius 2 is 1.76 bits per heavy atom. The molecule has 0 unspecified atom stereocenters. The molecule has 9 nitrogen and oxygen atoms in total. The van der Waals surface area contributed by atoms with Gasteiger partial charge in [0, 0.05) is 36.0 Å². The summed E-state index contributed by atoms with van der Waals surface area (Å²) in [4.78, 5) is 35.4. The first-order valence-electron chi connectivity index (χ1n) is 12.0. The molecule has 3 N–H and O–H groups in total. The fourth-order valence-electron chi connectivity index (χ4n) is 4.56. The number of aromatic nitrogens is 3. The maximum absolute atomic E-state index is 12.9. The number of fused-ring (bicyclic) bond motifs is 1. The third-order valence-electron chi connectivity index (χ3n) is 6.47. The average Bonchev–Trinajstić information content (AvgIpc) is 3.22. The minimum atomic E-state index is -0.230. The maximum Gasteiger partial charge on any atom is 0.255 e. The van der Waals surface area contributed by atoms with Gasteiger partial charge in [-0.05, 0) is 48.7 Å². The summed E-state index contributed by atoms with van der Waals surface area (Å²) in [5.41, 5.74) is 12.3. The zero-order chi connectivity index (χ0) is 26.1. The van der Waals surface area contributed by atoms with Crippen LogP contribution < -0.4 is 11.1 Å². The Bertz CT molecular complexity index is 1500. The van der Waals surface area contributed by atoms with Gasteiger partial charge in [-0.1, -0.05) is 30.8 Å². The average molecular weight is 497 g/mol. The molecule has 188 valence electrons. The summed E-state index contributed by atoms with van der Waals surface area (Å²) >= 11 is 0. The molecule has 4 aromatic rings. The van der Waals surface area contributed by atoms with Gasteiger partial charge in [0.05, 0.1) is 17.7 Å². The van der Waals surface area contributed by atoms with E-state index in [4.69, 9.17) is 10.5 Å². The van der Waals surface area contributed by atoms with E-state index in [9.17, 15) is 9.59 Å². The van der Waals surface area contributed by atoms with Gasteiger partial charge in [0.25, 0.3) is 11.8 Å². The number of rotatable bonds is 5. The molecule has 1 saturated heterocycles. The van der Waals surface area contributed by atoms with Gasteiger partial charge < -0.3 is 25.3 Å². The van der Waals surface area contributed by atoms with Crippen molar-refractivity contribution in [3.8, 4) is 22.4 Å². The third kappa shape index (κ3) is 4.56. The van der Waals surface area contributed by atoms with Crippen molar-refractivity contribution in [1.29, 1.82) is 0 Å². The maximum atomic E-state index is 12.9. The Labute approximate surface area is 214 Å². The lowest BCUT2D eigenvalue weighted by Crippen LogP contribution is -2.38. The molecule has 0 saturated carbocycles. The van der Waals surface area contributed by atoms with Crippen LogP contribution >= 0.6 is 0 Å². The van der Waals surface area contributed by atoms with Crippen molar-refractivity contribution in [2.45, 2.75) is 13.3 Å². The molecule has 0 radical (unpaired) electrons. The van der Waals surface area contributed by atoms with E-state index < -0.39 is 0 Å².